The highest BCUT2D eigenvalue weighted by atomic mass is 32.1. The molecule has 2 aromatic carbocycles. The van der Waals surface area contributed by atoms with Gasteiger partial charge in [0.1, 0.15) is 12.6 Å². The lowest BCUT2D eigenvalue weighted by Crippen LogP contribution is -2.47. The van der Waals surface area contributed by atoms with E-state index in [9.17, 15) is 9.59 Å². The van der Waals surface area contributed by atoms with Crippen molar-refractivity contribution >= 4 is 23.3 Å². The third-order valence-corrected chi connectivity index (χ3v) is 5.00. The molecule has 1 heterocycles. The van der Waals surface area contributed by atoms with Crippen LogP contribution in [0.15, 0.2) is 78.2 Å². The van der Waals surface area contributed by atoms with E-state index in [1.807, 2.05) is 78.2 Å². The van der Waals surface area contributed by atoms with Crippen molar-refractivity contribution in [3.05, 3.63) is 94.2 Å². The number of ether oxygens (including phenoxy) is 1. The molecule has 0 aliphatic rings. The lowest BCUT2D eigenvalue weighted by atomic mass is 10.1. The number of hydrogen-bond acceptors (Lipinski definition) is 4. The third kappa shape index (κ3) is 6.25. The maximum absolute atomic E-state index is 12.7. The first-order valence-electron chi connectivity index (χ1n) is 9.02. The van der Waals surface area contributed by atoms with Gasteiger partial charge < -0.3 is 15.4 Å². The summed E-state index contributed by atoms with van der Waals surface area (Å²) in [6, 6.07) is 22.2. The summed E-state index contributed by atoms with van der Waals surface area (Å²) in [5.41, 5.74) is 1.85. The van der Waals surface area contributed by atoms with Gasteiger partial charge in [0.05, 0.1) is 6.54 Å². The maximum Gasteiger partial charge on any atom is 0.408 e. The van der Waals surface area contributed by atoms with E-state index in [1.54, 1.807) is 11.3 Å². The highest BCUT2D eigenvalue weighted by molar-refractivity contribution is 7.09. The lowest BCUT2D eigenvalue weighted by molar-refractivity contribution is -0.123. The quantitative estimate of drug-likeness (QED) is 0.609. The fourth-order valence-electron chi connectivity index (χ4n) is 2.68. The van der Waals surface area contributed by atoms with Crippen molar-refractivity contribution in [2.75, 3.05) is 0 Å². The summed E-state index contributed by atoms with van der Waals surface area (Å²) < 4.78 is 5.27. The minimum atomic E-state index is -0.717. The highest BCUT2D eigenvalue weighted by Gasteiger charge is 2.22. The smallest absolute Gasteiger partial charge is 0.408 e. The van der Waals surface area contributed by atoms with Crippen LogP contribution in [0.2, 0.25) is 0 Å². The van der Waals surface area contributed by atoms with Gasteiger partial charge in [-0.15, -0.1) is 11.3 Å². The number of thiophene rings is 1. The Morgan fingerprint density at radius 1 is 0.893 bits per heavy atom. The number of benzene rings is 2. The second kappa shape index (κ2) is 10.3. The van der Waals surface area contributed by atoms with Gasteiger partial charge in [-0.2, -0.15) is 0 Å². The second-order valence-electron chi connectivity index (χ2n) is 6.25. The molecule has 1 atom stereocenters. The predicted molar refractivity (Wildman–Crippen MR) is 110 cm³/mol. The number of nitrogens with one attached hydrogen (secondary N) is 2. The van der Waals surface area contributed by atoms with Crippen LogP contribution in [0.5, 0.6) is 0 Å². The lowest BCUT2D eigenvalue weighted by Gasteiger charge is -2.18. The molecule has 3 aromatic rings. The Hall–Kier alpha value is -3.12. The Kier molecular flexibility index (Phi) is 7.21. The molecule has 28 heavy (non-hydrogen) atoms. The average molecular weight is 394 g/mol. The second-order valence-corrected chi connectivity index (χ2v) is 7.28. The molecule has 0 unspecified atom stereocenters. The SMILES string of the molecule is O=C(N[C@@H](Cc1ccccc1)C(=O)NCc1cccs1)OCc1ccccc1. The minimum Gasteiger partial charge on any atom is -0.445 e. The molecule has 0 aliphatic carbocycles. The Morgan fingerprint density at radius 2 is 1.57 bits per heavy atom. The molecule has 144 valence electrons. The molecule has 0 aliphatic heterocycles. The zero-order chi connectivity index (χ0) is 19.6. The highest BCUT2D eigenvalue weighted by Crippen LogP contribution is 2.09. The van der Waals surface area contributed by atoms with E-state index in [-0.39, 0.29) is 12.5 Å². The molecule has 0 radical (unpaired) electrons. The monoisotopic (exact) mass is 394 g/mol. The predicted octanol–water partition coefficient (Wildman–Crippen LogP) is 3.90. The summed E-state index contributed by atoms with van der Waals surface area (Å²) in [4.78, 5) is 26.0. The van der Waals surface area contributed by atoms with Gasteiger partial charge in [0.25, 0.3) is 0 Å². The van der Waals surface area contributed by atoms with Gasteiger partial charge in [0.2, 0.25) is 5.91 Å². The van der Waals surface area contributed by atoms with Crippen molar-refractivity contribution < 1.29 is 14.3 Å². The Morgan fingerprint density at radius 3 is 2.21 bits per heavy atom. The van der Waals surface area contributed by atoms with Crippen LogP contribution in [0.25, 0.3) is 0 Å². The van der Waals surface area contributed by atoms with Crippen LogP contribution in [0, 0.1) is 0 Å². The van der Waals surface area contributed by atoms with Gasteiger partial charge in [-0.1, -0.05) is 66.7 Å². The fourth-order valence-corrected chi connectivity index (χ4v) is 3.32. The molecule has 1 aromatic heterocycles. The summed E-state index contributed by atoms with van der Waals surface area (Å²) in [6.45, 7) is 0.587. The number of alkyl carbamates (subject to hydrolysis) is 1. The molecular formula is C22H22N2O3S. The first-order chi connectivity index (χ1) is 13.7. The van der Waals surface area contributed by atoms with E-state index in [2.05, 4.69) is 10.6 Å². The van der Waals surface area contributed by atoms with Crippen LogP contribution in [-0.4, -0.2) is 18.0 Å². The molecule has 0 spiro atoms. The van der Waals surface area contributed by atoms with E-state index in [0.29, 0.717) is 13.0 Å². The molecule has 2 amide bonds. The molecule has 0 fully saturated rings. The number of amides is 2. The zero-order valence-corrected chi connectivity index (χ0v) is 16.2. The normalized spacial score (nSPS) is 11.4. The van der Waals surface area contributed by atoms with Crippen LogP contribution in [0.1, 0.15) is 16.0 Å². The van der Waals surface area contributed by atoms with Gasteiger partial charge in [0, 0.05) is 11.3 Å². The van der Waals surface area contributed by atoms with Crippen molar-refractivity contribution in [3.63, 3.8) is 0 Å². The van der Waals surface area contributed by atoms with Gasteiger partial charge in [-0.25, -0.2) is 4.79 Å². The molecule has 5 nitrogen and oxygen atoms in total. The first kappa shape index (κ1) is 19.6. The zero-order valence-electron chi connectivity index (χ0n) is 15.3. The summed E-state index contributed by atoms with van der Waals surface area (Å²) >= 11 is 1.57. The fraction of sp³-hybridized carbons (Fsp3) is 0.182. The van der Waals surface area contributed by atoms with E-state index < -0.39 is 12.1 Å². The molecule has 6 heteroatoms. The Balaban J connectivity index is 1.59. The van der Waals surface area contributed by atoms with Crippen molar-refractivity contribution in [2.24, 2.45) is 0 Å². The Bertz CT molecular complexity index is 867. The van der Waals surface area contributed by atoms with E-state index in [1.165, 1.54) is 0 Å². The van der Waals surface area contributed by atoms with E-state index in [4.69, 9.17) is 4.74 Å². The molecule has 0 bridgehead atoms. The largest absolute Gasteiger partial charge is 0.445 e. The number of carbonyl (C=O) groups is 2. The third-order valence-electron chi connectivity index (χ3n) is 4.12. The summed E-state index contributed by atoms with van der Waals surface area (Å²) in [5.74, 6) is -0.242. The van der Waals surface area contributed by atoms with Crippen molar-refractivity contribution in [1.29, 1.82) is 0 Å². The standard InChI is InChI=1S/C22H22N2O3S/c25-21(23-15-19-12-7-13-28-19)20(14-17-8-3-1-4-9-17)24-22(26)27-16-18-10-5-2-6-11-18/h1-13,20H,14-16H2,(H,23,25)(H,24,26)/t20-/m0/s1. The van der Waals surface area contributed by atoms with Gasteiger partial charge in [-0.3, -0.25) is 4.79 Å². The van der Waals surface area contributed by atoms with Gasteiger partial charge in [-0.05, 0) is 22.6 Å². The topological polar surface area (TPSA) is 67.4 Å². The number of hydrogen-bond donors (Lipinski definition) is 2. The summed E-state index contributed by atoms with van der Waals surface area (Å²) in [6.07, 6.45) is -0.228. The summed E-state index contributed by atoms with van der Waals surface area (Å²) in [5, 5.41) is 7.54. The maximum atomic E-state index is 12.7. The summed E-state index contributed by atoms with van der Waals surface area (Å²) in [7, 11) is 0. The minimum absolute atomic E-state index is 0.154. The Labute approximate surface area is 168 Å². The van der Waals surface area contributed by atoms with Crippen LogP contribution in [0.3, 0.4) is 0 Å². The number of rotatable bonds is 8. The van der Waals surface area contributed by atoms with Crippen molar-refractivity contribution in [3.8, 4) is 0 Å². The molecule has 0 saturated carbocycles. The van der Waals surface area contributed by atoms with Gasteiger partial charge >= 0.3 is 6.09 Å². The van der Waals surface area contributed by atoms with Crippen molar-refractivity contribution in [2.45, 2.75) is 25.6 Å². The number of carbonyl (C=O) groups excluding carboxylic acids is 2. The molecular weight excluding hydrogens is 372 g/mol. The molecule has 2 N–H and O–H groups in total. The first-order valence-corrected chi connectivity index (χ1v) is 9.90. The van der Waals surface area contributed by atoms with Crippen LogP contribution >= 0.6 is 11.3 Å². The van der Waals surface area contributed by atoms with Crippen LogP contribution < -0.4 is 10.6 Å². The van der Waals surface area contributed by atoms with Crippen molar-refractivity contribution in [1.82, 2.24) is 10.6 Å². The van der Waals surface area contributed by atoms with E-state index >= 15 is 0 Å². The van der Waals surface area contributed by atoms with E-state index in [0.717, 1.165) is 16.0 Å². The van der Waals surface area contributed by atoms with Crippen LogP contribution in [0.4, 0.5) is 4.79 Å². The molecule has 3 rings (SSSR count). The average Bonchev–Trinajstić information content (AvgIpc) is 3.25. The van der Waals surface area contributed by atoms with Crippen LogP contribution in [-0.2, 0) is 29.1 Å². The molecule has 0 saturated heterocycles. The van der Waals surface area contributed by atoms with Gasteiger partial charge in [0.15, 0.2) is 0 Å².